The van der Waals surface area contributed by atoms with Crippen molar-refractivity contribution in [2.45, 2.75) is 70.7 Å². The third-order valence-corrected chi connectivity index (χ3v) is 6.36. The summed E-state index contributed by atoms with van der Waals surface area (Å²) in [5.74, 6) is 1.04. The Morgan fingerprint density at radius 3 is 2.45 bits per heavy atom. The average molecular weight is 339 g/mol. The molecule has 0 aromatic heterocycles. The van der Waals surface area contributed by atoms with Crippen molar-refractivity contribution in [1.29, 1.82) is 0 Å². The predicted molar refractivity (Wildman–Crippen MR) is 90.0 cm³/mol. The second-order valence-electron chi connectivity index (χ2n) is 7.40. The summed E-state index contributed by atoms with van der Waals surface area (Å²) in [6.07, 6.45) is 2.58. The predicted octanol–water partition coefficient (Wildman–Crippen LogP) is 5.62. The van der Waals surface area contributed by atoms with Gasteiger partial charge in [0.25, 0.3) is 0 Å². The van der Waals surface area contributed by atoms with E-state index < -0.39 is 0 Å². The second-order valence-corrected chi connectivity index (χ2v) is 8.50. The standard InChI is InChI=1S/C18H27BrO/c1-7-18(6)15(19)11-16(18)20-14-9-8-13(10-12(14)2)17(3,4)5/h8-10,15-16H,7,11H2,1-6H3. The molecule has 0 amide bonds. The molecule has 0 heterocycles. The Bertz CT molecular complexity index is 489. The summed E-state index contributed by atoms with van der Waals surface area (Å²) in [5.41, 5.74) is 3.06. The van der Waals surface area contributed by atoms with Gasteiger partial charge in [0.05, 0.1) is 0 Å². The zero-order valence-corrected chi connectivity index (χ0v) is 15.2. The lowest BCUT2D eigenvalue weighted by molar-refractivity contribution is -0.0247. The average Bonchev–Trinajstić information content (AvgIpc) is 2.38. The van der Waals surface area contributed by atoms with Crippen molar-refractivity contribution in [3.8, 4) is 5.75 Å². The SMILES string of the molecule is CCC1(C)C(Br)CC1Oc1ccc(C(C)(C)C)cc1C. The Hall–Kier alpha value is -0.500. The van der Waals surface area contributed by atoms with Gasteiger partial charge in [-0.15, -0.1) is 0 Å². The van der Waals surface area contributed by atoms with E-state index in [1.165, 1.54) is 11.1 Å². The van der Waals surface area contributed by atoms with E-state index in [9.17, 15) is 0 Å². The van der Waals surface area contributed by atoms with Gasteiger partial charge in [0.2, 0.25) is 0 Å². The van der Waals surface area contributed by atoms with E-state index in [1.807, 2.05) is 0 Å². The number of aryl methyl sites for hydroxylation is 1. The first-order valence-electron chi connectivity index (χ1n) is 7.60. The molecular weight excluding hydrogens is 312 g/mol. The molecule has 1 nitrogen and oxygen atoms in total. The number of alkyl halides is 1. The van der Waals surface area contributed by atoms with E-state index in [0.717, 1.165) is 18.6 Å². The first-order valence-corrected chi connectivity index (χ1v) is 8.52. The smallest absolute Gasteiger partial charge is 0.122 e. The number of benzene rings is 1. The Morgan fingerprint density at radius 2 is 2.00 bits per heavy atom. The van der Waals surface area contributed by atoms with Crippen LogP contribution in [0.2, 0.25) is 0 Å². The van der Waals surface area contributed by atoms with Crippen molar-refractivity contribution in [2.75, 3.05) is 0 Å². The lowest BCUT2D eigenvalue weighted by atomic mass is 9.65. The largest absolute Gasteiger partial charge is 0.490 e. The molecule has 112 valence electrons. The summed E-state index contributed by atoms with van der Waals surface area (Å²) in [4.78, 5) is 0.583. The fraction of sp³-hybridized carbons (Fsp3) is 0.667. The quantitative estimate of drug-likeness (QED) is 0.649. The topological polar surface area (TPSA) is 9.23 Å². The van der Waals surface area contributed by atoms with Gasteiger partial charge in [-0.3, -0.25) is 0 Å². The summed E-state index contributed by atoms with van der Waals surface area (Å²) >= 11 is 3.77. The van der Waals surface area contributed by atoms with Crippen LogP contribution in [0.25, 0.3) is 0 Å². The highest BCUT2D eigenvalue weighted by Gasteiger charge is 2.50. The van der Waals surface area contributed by atoms with E-state index in [4.69, 9.17) is 4.74 Å². The third-order valence-electron chi connectivity index (χ3n) is 4.94. The minimum Gasteiger partial charge on any atom is -0.490 e. The van der Waals surface area contributed by atoms with Crippen molar-refractivity contribution >= 4 is 15.9 Å². The van der Waals surface area contributed by atoms with Crippen molar-refractivity contribution in [1.82, 2.24) is 0 Å². The summed E-state index contributed by atoms with van der Waals surface area (Å²) in [7, 11) is 0. The lowest BCUT2D eigenvalue weighted by Gasteiger charge is -2.50. The number of hydrogen-bond donors (Lipinski definition) is 0. The van der Waals surface area contributed by atoms with Crippen LogP contribution in [0.15, 0.2) is 18.2 Å². The molecule has 0 radical (unpaired) electrons. The highest BCUT2D eigenvalue weighted by atomic mass is 79.9. The van der Waals surface area contributed by atoms with Crippen molar-refractivity contribution < 1.29 is 4.74 Å². The third kappa shape index (κ3) is 2.77. The maximum atomic E-state index is 6.30. The van der Waals surface area contributed by atoms with Gasteiger partial charge in [0, 0.05) is 10.2 Å². The molecule has 1 aliphatic carbocycles. The summed E-state index contributed by atoms with van der Waals surface area (Å²) in [6, 6.07) is 6.62. The number of rotatable bonds is 3. The number of ether oxygens (including phenoxy) is 1. The van der Waals surface area contributed by atoms with Gasteiger partial charge in [-0.1, -0.05) is 62.7 Å². The Kier molecular flexibility index (Phi) is 4.26. The van der Waals surface area contributed by atoms with Crippen LogP contribution >= 0.6 is 15.9 Å². The molecule has 1 fully saturated rings. The highest BCUT2D eigenvalue weighted by molar-refractivity contribution is 9.09. The molecule has 3 atom stereocenters. The van der Waals surface area contributed by atoms with Crippen molar-refractivity contribution in [3.05, 3.63) is 29.3 Å². The van der Waals surface area contributed by atoms with Crippen molar-refractivity contribution in [3.63, 3.8) is 0 Å². The monoisotopic (exact) mass is 338 g/mol. The van der Waals surface area contributed by atoms with Crippen molar-refractivity contribution in [2.24, 2.45) is 5.41 Å². The van der Waals surface area contributed by atoms with E-state index in [2.05, 4.69) is 75.7 Å². The molecule has 1 aliphatic rings. The van der Waals surface area contributed by atoms with Crippen LogP contribution in [0.3, 0.4) is 0 Å². The van der Waals surface area contributed by atoms with Gasteiger partial charge >= 0.3 is 0 Å². The molecule has 0 spiro atoms. The first-order chi connectivity index (χ1) is 9.18. The second kappa shape index (κ2) is 5.36. The van der Waals surface area contributed by atoms with Crippen LogP contribution < -0.4 is 4.74 Å². The minimum absolute atomic E-state index is 0.193. The normalized spacial score (nSPS) is 29.9. The fourth-order valence-corrected chi connectivity index (χ4v) is 3.76. The van der Waals surface area contributed by atoms with Crippen LogP contribution in [0, 0.1) is 12.3 Å². The first kappa shape index (κ1) is 15.9. The van der Waals surface area contributed by atoms with E-state index in [0.29, 0.717) is 10.9 Å². The van der Waals surface area contributed by atoms with Crippen LogP contribution in [0.1, 0.15) is 58.6 Å². The molecule has 2 rings (SSSR count). The van der Waals surface area contributed by atoms with Gasteiger partial charge in [-0.05, 0) is 42.4 Å². The van der Waals surface area contributed by atoms with Crippen LogP contribution in [-0.4, -0.2) is 10.9 Å². The van der Waals surface area contributed by atoms with E-state index in [1.54, 1.807) is 0 Å². The summed E-state index contributed by atoms with van der Waals surface area (Å²) < 4.78 is 6.30. The zero-order chi connectivity index (χ0) is 15.1. The lowest BCUT2D eigenvalue weighted by Crippen LogP contribution is -2.54. The van der Waals surface area contributed by atoms with Crippen LogP contribution in [0.5, 0.6) is 5.75 Å². The molecule has 0 aliphatic heterocycles. The molecule has 3 unspecified atom stereocenters. The molecule has 20 heavy (non-hydrogen) atoms. The van der Waals surface area contributed by atoms with Gasteiger partial charge in [-0.25, -0.2) is 0 Å². The molecule has 0 saturated heterocycles. The Balaban J connectivity index is 2.16. The summed E-state index contributed by atoms with van der Waals surface area (Å²) in [5, 5.41) is 0. The minimum atomic E-state index is 0.193. The van der Waals surface area contributed by atoms with E-state index >= 15 is 0 Å². The van der Waals surface area contributed by atoms with Gasteiger partial charge < -0.3 is 4.74 Å². The maximum Gasteiger partial charge on any atom is 0.122 e. The molecule has 1 aromatic carbocycles. The number of hydrogen-bond acceptors (Lipinski definition) is 1. The number of halogens is 1. The molecule has 0 bridgehead atoms. The van der Waals surface area contributed by atoms with Gasteiger partial charge in [-0.2, -0.15) is 0 Å². The van der Waals surface area contributed by atoms with Crippen LogP contribution in [-0.2, 0) is 5.41 Å². The molecule has 2 heteroatoms. The highest BCUT2D eigenvalue weighted by Crippen LogP contribution is 2.50. The van der Waals surface area contributed by atoms with E-state index in [-0.39, 0.29) is 10.8 Å². The molecular formula is C18H27BrO. The fourth-order valence-electron chi connectivity index (χ4n) is 2.80. The zero-order valence-electron chi connectivity index (χ0n) is 13.6. The molecule has 0 N–H and O–H groups in total. The molecule has 1 saturated carbocycles. The Labute approximate surface area is 132 Å². The van der Waals surface area contributed by atoms with Gasteiger partial charge in [0.15, 0.2) is 0 Å². The summed E-state index contributed by atoms with van der Waals surface area (Å²) in [6.45, 7) is 13.5. The van der Waals surface area contributed by atoms with Gasteiger partial charge in [0.1, 0.15) is 11.9 Å². The maximum absolute atomic E-state index is 6.30. The molecule has 1 aromatic rings. The van der Waals surface area contributed by atoms with Crippen LogP contribution in [0.4, 0.5) is 0 Å². The Morgan fingerprint density at radius 1 is 1.35 bits per heavy atom.